The van der Waals surface area contributed by atoms with Crippen molar-refractivity contribution in [1.29, 1.82) is 0 Å². The number of imide groups is 1. The number of carbonyl (C=O) groups is 12. The smallest absolute Gasteiger partial charge is 0.261 e. The summed E-state index contributed by atoms with van der Waals surface area (Å²) in [6, 6.07) is 16.4. The minimum Gasteiger partial charge on any atom is -0.359 e. The van der Waals surface area contributed by atoms with E-state index < -0.39 is 0 Å². The van der Waals surface area contributed by atoms with Crippen molar-refractivity contribution in [2.24, 2.45) is 124 Å². The molecular formula is C126H242N2O12. The van der Waals surface area contributed by atoms with Crippen molar-refractivity contribution in [3.63, 3.8) is 0 Å². The topological polar surface area (TPSA) is 220 Å². The lowest BCUT2D eigenvalue weighted by Gasteiger charge is -2.15. The lowest BCUT2D eigenvalue weighted by molar-refractivity contribution is -0.121. The monoisotopic (exact) mass is 1980 g/mol. The van der Waals surface area contributed by atoms with Crippen molar-refractivity contribution in [3.8, 4) is 12.3 Å². The Kier molecular flexibility index (Phi) is 138. The van der Waals surface area contributed by atoms with Gasteiger partial charge in [-0.3, -0.25) is 38.5 Å². The number of allylic oxidation sites excluding steroid dienone is 2. The van der Waals surface area contributed by atoms with Gasteiger partial charge in [-0.25, -0.2) is 0 Å². The maximum Gasteiger partial charge on any atom is 0.261 e. The molecule has 14 heteroatoms. The first-order valence-electron chi connectivity index (χ1n) is 54.9. The van der Waals surface area contributed by atoms with E-state index in [0.29, 0.717) is 143 Å². The molecule has 0 atom stereocenters. The van der Waals surface area contributed by atoms with Crippen LogP contribution in [0.5, 0.6) is 0 Å². The van der Waals surface area contributed by atoms with Crippen molar-refractivity contribution in [2.75, 3.05) is 13.6 Å². The molecule has 2 saturated carbocycles. The highest BCUT2D eigenvalue weighted by atomic mass is 16.2. The van der Waals surface area contributed by atoms with Crippen LogP contribution < -0.4 is 5.32 Å². The van der Waals surface area contributed by atoms with Crippen molar-refractivity contribution in [3.05, 3.63) is 83.4 Å². The Balaban J connectivity index is -0.0000000915. The number of Topliss-reactive ketones (excluding diaryl/α,β-unsaturated/α-hetero) is 9. The average Bonchev–Trinajstić information content (AvgIpc) is 1.64. The Morgan fingerprint density at radius 1 is 0.350 bits per heavy atom. The van der Waals surface area contributed by atoms with Gasteiger partial charge in [0.05, 0.1) is 11.1 Å². The van der Waals surface area contributed by atoms with Gasteiger partial charge in [-0.2, -0.15) is 0 Å². The first kappa shape index (κ1) is 167. The van der Waals surface area contributed by atoms with Crippen LogP contribution in [0.3, 0.4) is 0 Å². The number of rotatable bonds is 33. The van der Waals surface area contributed by atoms with Crippen LogP contribution in [-0.4, -0.2) is 88.3 Å². The normalized spacial score (nSPS) is 11.4. The fourth-order valence-electron chi connectivity index (χ4n) is 9.55. The summed E-state index contributed by atoms with van der Waals surface area (Å²) in [5, 5.41) is 2.53. The Morgan fingerprint density at radius 3 is 0.793 bits per heavy atom. The van der Waals surface area contributed by atoms with Crippen LogP contribution in [0.25, 0.3) is 0 Å². The molecule has 0 aromatic heterocycles. The van der Waals surface area contributed by atoms with Gasteiger partial charge < -0.3 is 29.3 Å². The predicted octanol–water partition coefficient (Wildman–Crippen LogP) is 37.0. The van der Waals surface area contributed by atoms with E-state index in [0.717, 1.165) is 162 Å². The van der Waals surface area contributed by atoms with Crippen molar-refractivity contribution < 1.29 is 57.5 Å². The van der Waals surface area contributed by atoms with Gasteiger partial charge in [-0.1, -0.05) is 393 Å². The second-order valence-corrected chi connectivity index (χ2v) is 46.6. The molecule has 3 aliphatic rings. The number of amides is 3. The van der Waals surface area contributed by atoms with Crippen molar-refractivity contribution in [1.82, 2.24) is 10.2 Å². The Bertz CT molecular complexity index is 3060. The highest BCUT2D eigenvalue weighted by Crippen LogP contribution is 2.33. The molecule has 1 heterocycles. The molecule has 2 aromatic rings. The quantitative estimate of drug-likeness (QED) is 0.0305. The Morgan fingerprint density at radius 2 is 0.621 bits per heavy atom. The van der Waals surface area contributed by atoms with Gasteiger partial charge in [0.25, 0.3) is 11.8 Å². The van der Waals surface area contributed by atoms with Crippen molar-refractivity contribution in [2.45, 2.75) is 508 Å². The molecule has 3 amide bonds. The molecule has 140 heavy (non-hydrogen) atoms. The molecule has 2 aliphatic carbocycles. The lowest BCUT2D eigenvalue weighted by Crippen LogP contribution is -2.33. The zero-order valence-corrected chi connectivity index (χ0v) is 103. The highest BCUT2D eigenvalue weighted by Gasteiger charge is 2.35. The number of carbonyl (C=O) groups excluding carboxylic acids is 12. The number of terminal acetylenes is 1. The van der Waals surface area contributed by atoms with Crippen LogP contribution in [0.1, 0.15) is 539 Å². The molecule has 0 bridgehead atoms. The Labute approximate surface area is 874 Å². The summed E-state index contributed by atoms with van der Waals surface area (Å²) in [6.45, 7) is 110. The van der Waals surface area contributed by atoms with Gasteiger partial charge in [0.1, 0.15) is 46.3 Å². The van der Waals surface area contributed by atoms with Crippen LogP contribution in [0.4, 0.5) is 0 Å². The van der Waals surface area contributed by atoms with E-state index in [1.54, 1.807) is 65.9 Å². The molecule has 1 N–H and O–H groups in total. The second-order valence-electron chi connectivity index (χ2n) is 46.6. The van der Waals surface area contributed by atoms with Gasteiger partial charge in [-0.15, -0.1) is 12.3 Å². The number of ketones is 9. The number of nitrogens with one attached hydrogen (secondary N) is 1. The largest absolute Gasteiger partial charge is 0.359 e. The molecule has 0 unspecified atom stereocenters. The van der Waals surface area contributed by atoms with E-state index in [-0.39, 0.29) is 40.9 Å². The SMILES string of the molecule is C#CC(C)C.CC(=O)CC(C)C.CC(=O)CC(C)C.CC(=O)CC(C)C.CC(=O)CCC(C)C.CC(=O)CCC(C)C.CC(C)C.CC(C)C.CC(C)C.CC(C)C.CC(C)C.CC(C)C.CC(C)CC(=O)C1CC1.CC(C)CC(=O)c1ccccc1.CC(C)CCC(=O)C1CC1.CC(C)CN1C(=O)c2ccccc2C1=O.CC=CC(C)C.CCC(=O)CCC(C)C.CCCC(=O)NC.CCCC(C)C. The van der Waals surface area contributed by atoms with Gasteiger partial charge in [0.2, 0.25) is 5.91 Å². The Hall–Kier alpha value is -6.62. The summed E-state index contributed by atoms with van der Waals surface area (Å²) < 4.78 is 0. The maximum absolute atomic E-state index is 11.8. The highest BCUT2D eigenvalue weighted by molar-refractivity contribution is 6.21. The van der Waals surface area contributed by atoms with E-state index >= 15 is 0 Å². The number of benzene rings is 2. The summed E-state index contributed by atoms with van der Waals surface area (Å²) in [5.74, 6) is 18.9. The third-order valence-electron chi connectivity index (χ3n) is 15.9. The van der Waals surface area contributed by atoms with E-state index in [1.807, 2.05) is 120 Å². The molecule has 0 radical (unpaired) electrons. The van der Waals surface area contributed by atoms with Gasteiger partial charge in [0.15, 0.2) is 5.78 Å². The van der Waals surface area contributed by atoms with Crippen LogP contribution >= 0.6 is 0 Å². The molecule has 0 saturated heterocycles. The van der Waals surface area contributed by atoms with Gasteiger partial charge >= 0.3 is 0 Å². The molecule has 828 valence electrons. The molecule has 1 aliphatic heterocycles. The van der Waals surface area contributed by atoms with Gasteiger partial charge in [-0.05, 0) is 218 Å². The van der Waals surface area contributed by atoms with Crippen LogP contribution in [0, 0.1) is 137 Å². The predicted molar refractivity (Wildman–Crippen MR) is 620 cm³/mol. The summed E-state index contributed by atoms with van der Waals surface area (Å²) in [5.41, 5.74) is 1.89. The third-order valence-corrected chi connectivity index (χ3v) is 15.9. The van der Waals surface area contributed by atoms with Crippen LogP contribution in [0.15, 0.2) is 66.7 Å². The molecule has 5 rings (SSSR count). The lowest BCUT2D eigenvalue weighted by atomic mass is 10.0. The molecule has 14 nitrogen and oxygen atoms in total. The fraction of sp³-hybridized carbons (Fsp3) is 0.778. The summed E-state index contributed by atoms with van der Waals surface area (Å²) in [7, 11) is 1.65. The number of hydrogen-bond donors (Lipinski definition) is 1. The zero-order chi connectivity index (χ0) is 114. The molecule has 0 spiro atoms. The maximum atomic E-state index is 11.8. The number of hydrogen-bond acceptors (Lipinski definition) is 12. The van der Waals surface area contributed by atoms with E-state index in [2.05, 4.69) is 266 Å². The van der Waals surface area contributed by atoms with Gasteiger partial charge in [0, 0.05) is 108 Å². The van der Waals surface area contributed by atoms with E-state index in [1.165, 1.54) is 17.7 Å². The summed E-state index contributed by atoms with van der Waals surface area (Å²) >= 11 is 0. The summed E-state index contributed by atoms with van der Waals surface area (Å²) in [4.78, 5) is 131. The van der Waals surface area contributed by atoms with E-state index in [9.17, 15) is 57.5 Å². The summed E-state index contributed by atoms with van der Waals surface area (Å²) in [6.07, 6.45) is 29.7. The molecule has 2 fully saturated rings. The minimum atomic E-state index is -0.163. The van der Waals surface area contributed by atoms with Crippen LogP contribution in [0.2, 0.25) is 0 Å². The van der Waals surface area contributed by atoms with Crippen LogP contribution in [-0.2, 0) is 43.2 Å². The second kappa shape index (κ2) is 116. The molecular weight excluding hydrogens is 1730 g/mol. The number of nitrogens with zero attached hydrogens (tertiary/aromatic N) is 1. The average molecular weight is 1980 g/mol. The standard InChI is InChI=1S/C12H13NO2.C11H14O.C9H16O.C8H14O.C8H16O.2C7H14O.3C6H12O.C6H14.C6H12.C5H11NO.C5H8.6C4H10/c1-8(2)7-13-11(14)9-5-3-4-6-10(9)12(13)15;1-9(2)8-11(12)10-6-4-3-5-7-10;1-7(2)3-6-9(10)8-4-5-8;1-6(2)5-8(9)7-3-4-7;1-4-8(9)6-5-7(2)3;2*1-6(2)4-5-7(3)8;3*1-5(2)4-6(3)7;2*1-4-5-6(2)3;1-3-4-5(7)6-2;1-4-5(2)3;6*1-4(2)3/h3-6,8H,7H2,1-2H3;3-7,9H,8H2,1-2H3;7-8H,3-6H2,1-2H3;6-7H,3-5H2,1-2H3;7H,4-6H2,1-3H3;2*6H,4-5H2,1-3H3;3*5H,4H2,1-3H3;6H,4-5H2,1-3H3;4-6H,1-3H3;3-4H2,1-2H3,(H,6,7);1,5H,2-3H3;6*4H,1-3H3. The van der Waals surface area contributed by atoms with E-state index in [4.69, 9.17) is 6.42 Å². The third kappa shape index (κ3) is 201. The minimum absolute atomic E-state index is 0.127. The first-order valence-corrected chi connectivity index (χ1v) is 54.9. The molecule has 2 aromatic carbocycles. The van der Waals surface area contributed by atoms with Crippen molar-refractivity contribution >= 4 is 69.8 Å². The zero-order valence-electron chi connectivity index (χ0n) is 103. The first-order chi connectivity index (χ1) is 64.0. The number of fused-ring (bicyclic) bond motifs is 1. The fourth-order valence-corrected chi connectivity index (χ4v) is 9.55.